The number of rotatable bonds is 2. The van der Waals surface area contributed by atoms with Gasteiger partial charge in [0, 0.05) is 13.1 Å². The third-order valence-corrected chi connectivity index (χ3v) is 6.04. The Morgan fingerprint density at radius 1 is 1.29 bits per heavy atom. The molecule has 0 bridgehead atoms. The fourth-order valence-electron chi connectivity index (χ4n) is 1.83. The van der Waals surface area contributed by atoms with Crippen LogP contribution in [0.3, 0.4) is 0 Å². The van der Waals surface area contributed by atoms with Crippen molar-refractivity contribution in [2.75, 3.05) is 13.1 Å². The zero-order valence-corrected chi connectivity index (χ0v) is 9.26. The predicted molar refractivity (Wildman–Crippen MR) is 53.4 cm³/mol. The molecule has 4 nitrogen and oxygen atoms in total. The van der Waals surface area contributed by atoms with E-state index in [0.29, 0.717) is 25.9 Å². The monoisotopic (exact) mass is 219 g/mol. The summed E-state index contributed by atoms with van der Waals surface area (Å²) in [5.41, 5.74) is 0. The Bertz CT molecular complexity index is 313. The van der Waals surface area contributed by atoms with E-state index < -0.39 is 14.8 Å². The molecule has 0 aromatic carbocycles. The van der Waals surface area contributed by atoms with Crippen LogP contribution in [-0.2, 0) is 10.0 Å². The topological polar surface area (TPSA) is 57.6 Å². The van der Waals surface area contributed by atoms with Gasteiger partial charge in [0.05, 0.1) is 10.9 Å². The van der Waals surface area contributed by atoms with Crippen molar-refractivity contribution in [1.29, 1.82) is 0 Å². The lowest BCUT2D eigenvalue weighted by atomic mass is 10.1. The van der Waals surface area contributed by atoms with Crippen LogP contribution >= 0.6 is 0 Å². The molecule has 1 N–H and O–H groups in total. The van der Waals surface area contributed by atoms with Gasteiger partial charge in [-0.1, -0.05) is 0 Å². The number of hydrogen-bond donors (Lipinski definition) is 1. The summed E-state index contributed by atoms with van der Waals surface area (Å²) >= 11 is 0. The van der Waals surface area contributed by atoms with E-state index in [2.05, 4.69) is 0 Å². The molecule has 2 fully saturated rings. The van der Waals surface area contributed by atoms with Crippen LogP contribution in [0.25, 0.3) is 0 Å². The molecular weight excluding hydrogens is 202 g/mol. The lowest BCUT2D eigenvalue weighted by Crippen LogP contribution is -2.44. The molecule has 2 aliphatic rings. The highest BCUT2D eigenvalue weighted by Gasteiger charge is 2.52. The van der Waals surface area contributed by atoms with E-state index in [1.54, 1.807) is 4.31 Å². The fraction of sp³-hybridized carbons (Fsp3) is 1.00. The summed E-state index contributed by atoms with van der Waals surface area (Å²) in [5, 5.41) is 9.29. The Kier molecular flexibility index (Phi) is 2.36. The summed E-state index contributed by atoms with van der Waals surface area (Å²) in [6.07, 6.45) is 2.42. The van der Waals surface area contributed by atoms with Crippen LogP contribution in [0.2, 0.25) is 0 Å². The smallest absolute Gasteiger partial charge is 0.219 e. The van der Waals surface area contributed by atoms with Crippen molar-refractivity contribution in [2.24, 2.45) is 0 Å². The standard InChI is InChI=1S/C9H17NO3S/c1-9(4-5-9)14(12,13)10-6-2-8(11)3-7-10/h8,11H,2-7H2,1H3. The van der Waals surface area contributed by atoms with E-state index in [0.717, 1.165) is 12.8 Å². The molecule has 1 saturated carbocycles. The number of aliphatic hydroxyl groups is 1. The van der Waals surface area contributed by atoms with Crippen LogP contribution in [0, 0.1) is 0 Å². The summed E-state index contributed by atoms with van der Waals surface area (Å²) in [4.78, 5) is 0. The number of aliphatic hydroxyl groups excluding tert-OH is 1. The molecule has 0 aromatic rings. The van der Waals surface area contributed by atoms with E-state index in [4.69, 9.17) is 0 Å². The third kappa shape index (κ3) is 1.57. The van der Waals surface area contributed by atoms with Crippen LogP contribution in [0.1, 0.15) is 32.6 Å². The maximum atomic E-state index is 12.0. The Labute approximate surface area is 85.0 Å². The first-order valence-electron chi connectivity index (χ1n) is 5.13. The summed E-state index contributed by atoms with van der Waals surface area (Å²) in [7, 11) is -3.09. The minimum Gasteiger partial charge on any atom is -0.393 e. The van der Waals surface area contributed by atoms with Gasteiger partial charge in [-0.3, -0.25) is 0 Å². The summed E-state index contributed by atoms with van der Waals surface area (Å²) in [6.45, 7) is 2.78. The summed E-state index contributed by atoms with van der Waals surface area (Å²) in [6, 6.07) is 0. The van der Waals surface area contributed by atoms with Gasteiger partial charge >= 0.3 is 0 Å². The second-order valence-electron chi connectivity index (χ2n) is 4.59. The first-order valence-corrected chi connectivity index (χ1v) is 6.57. The van der Waals surface area contributed by atoms with Gasteiger partial charge in [-0.25, -0.2) is 12.7 Å². The molecular formula is C9H17NO3S. The highest BCUT2D eigenvalue weighted by atomic mass is 32.2. The molecule has 1 aliphatic heterocycles. The minimum atomic E-state index is -3.09. The molecule has 5 heteroatoms. The fourth-order valence-corrected chi connectivity index (χ4v) is 3.76. The molecule has 0 radical (unpaired) electrons. The molecule has 1 heterocycles. The van der Waals surface area contributed by atoms with E-state index >= 15 is 0 Å². The Balaban J connectivity index is 2.08. The van der Waals surface area contributed by atoms with Gasteiger partial charge in [-0.05, 0) is 32.6 Å². The van der Waals surface area contributed by atoms with Crippen LogP contribution < -0.4 is 0 Å². The number of nitrogens with zero attached hydrogens (tertiary/aromatic N) is 1. The SMILES string of the molecule is CC1(S(=O)(=O)N2CCC(O)CC2)CC1. The third-order valence-electron chi connectivity index (χ3n) is 3.34. The van der Waals surface area contributed by atoms with Crippen LogP contribution in [-0.4, -0.2) is 41.8 Å². The average Bonchev–Trinajstić information content (AvgIpc) is 2.86. The molecule has 0 spiro atoms. The van der Waals surface area contributed by atoms with Crippen molar-refractivity contribution < 1.29 is 13.5 Å². The van der Waals surface area contributed by atoms with Crippen LogP contribution in [0.4, 0.5) is 0 Å². The van der Waals surface area contributed by atoms with Gasteiger partial charge in [-0.15, -0.1) is 0 Å². The largest absolute Gasteiger partial charge is 0.393 e. The molecule has 0 unspecified atom stereocenters. The van der Waals surface area contributed by atoms with Crippen molar-refractivity contribution in [2.45, 2.75) is 43.5 Å². The van der Waals surface area contributed by atoms with E-state index in [1.165, 1.54) is 0 Å². The molecule has 82 valence electrons. The molecule has 2 rings (SSSR count). The highest BCUT2D eigenvalue weighted by Crippen LogP contribution is 2.44. The normalized spacial score (nSPS) is 29.0. The minimum absolute atomic E-state index is 0.312. The number of hydrogen-bond acceptors (Lipinski definition) is 3. The quantitative estimate of drug-likeness (QED) is 0.728. The van der Waals surface area contributed by atoms with Gasteiger partial charge in [0.1, 0.15) is 0 Å². The van der Waals surface area contributed by atoms with Crippen LogP contribution in [0.15, 0.2) is 0 Å². The molecule has 14 heavy (non-hydrogen) atoms. The lowest BCUT2D eigenvalue weighted by Gasteiger charge is -2.31. The van der Waals surface area contributed by atoms with Crippen molar-refractivity contribution in [3.63, 3.8) is 0 Å². The van der Waals surface area contributed by atoms with E-state index in [-0.39, 0.29) is 6.10 Å². The lowest BCUT2D eigenvalue weighted by molar-refractivity contribution is 0.112. The van der Waals surface area contributed by atoms with Gasteiger partial charge < -0.3 is 5.11 Å². The van der Waals surface area contributed by atoms with Crippen molar-refractivity contribution >= 4 is 10.0 Å². The van der Waals surface area contributed by atoms with Crippen LogP contribution in [0.5, 0.6) is 0 Å². The predicted octanol–water partition coefficient (Wildman–Crippen LogP) is 0.325. The molecule has 1 saturated heterocycles. The first kappa shape index (κ1) is 10.4. The molecule has 1 aliphatic carbocycles. The number of sulfonamides is 1. The molecule has 0 amide bonds. The second kappa shape index (κ2) is 3.18. The number of piperidine rings is 1. The van der Waals surface area contributed by atoms with Crippen molar-refractivity contribution in [3.05, 3.63) is 0 Å². The maximum absolute atomic E-state index is 12.0. The highest BCUT2D eigenvalue weighted by molar-refractivity contribution is 7.90. The van der Waals surface area contributed by atoms with E-state index in [9.17, 15) is 13.5 Å². The van der Waals surface area contributed by atoms with Gasteiger partial charge in [0.15, 0.2) is 0 Å². The Hall–Kier alpha value is -0.130. The molecule has 0 aromatic heterocycles. The second-order valence-corrected chi connectivity index (χ2v) is 7.04. The maximum Gasteiger partial charge on any atom is 0.219 e. The van der Waals surface area contributed by atoms with Gasteiger partial charge in [0.25, 0.3) is 0 Å². The first-order chi connectivity index (χ1) is 6.46. The Morgan fingerprint density at radius 3 is 2.21 bits per heavy atom. The van der Waals surface area contributed by atoms with Gasteiger partial charge in [-0.2, -0.15) is 0 Å². The zero-order chi connectivity index (χ0) is 10.4. The van der Waals surface area contributed by atoms with Crippen molar-refractivity contribution in [1.82, 2.24) is 4.31 Å². The Morgan fingerprint density at radius 2 is 1.79 bits per heavy atom. The van der Waals surface area contributed by atoms with E-state index in [1.807, 2.05) is 6.92 Å². The zero-order valence-electron chi connectivity index (χ0n) is 8.44. The van der Waals surface area contributed by atoms with Gasteiger partial charge in [0.2, 0.25) is 10.0 Å². The summed E-state index contributed by atoms with van der Waals surface area (Å²) in [5.74, 6) is 0. The van der Waals surface area contributed by atoms with Crippen molar-refractivity contribution in [3.8, 4) is 0 Å². The average molecular weight is 219 g/mol. The summed E-state index contributed by atoms with van der Waals surface area (Å²) < 4.78 is 25.1. The molecule has 0 atom stereocenters.